The highest BCUT2D eigenvalue weighted by Gasteiger charge is 2.09. The Hall–Kier alpha value is -0.570. The van der Waals surface area contributed by atoms with Gasteiger partial charge in [-0.15, -0.1) is 0 Å². The third-order valence-corrected chi connectivity index (χ3v) is 9.39. The number of hydrogen-bond donors (Lipinski definition) is 1. The Labute approximate surface area is 272 Å². The first kappa shape index (κ1) is 42.4. The molecule has 0 fully saturated rings. The predicted octanol–water partition coefficient (Wildman–Crippen LogP) is 13.3. The van der Waals surface area contributed by atoms with Gasteiger partial charge >= 0.3 is 5.97 Å². The van der Waals surface area contributed by atoms with Crippen molar-refractivity contribution >= 4 is 5.97 Å². The van der Waals surface area contributed by atoms with E-state index in [0.717, 1.165) is 31.8 Å². The summed E-state index contributed by atoms with van der Waals surface area (Å²) in [5.41, 5.74) is 0. The van der Waals surface area contributed by atoms with Crippen LogP contribution in [0.1, 0.15) is 226 Å². The van der Waals surface area contributed by atoms with Gasteiger partial charge in [0.25, 0.3) is 0 Å². The van der Waals surface area contributed by atoms with Crippen LogP contribution >= 0.6 is 0 Å². The number of carbonyl (C=O) groups excluding carboxylic acids is 1. The monoisotopic (exact) mass is 608 g/mol. The molecule has 0 saturated heterocycles. The minimum Gasteiger partial charge on any atom is -0.466 e. The van der Waals surface area contributed by atoms with E-state index in [2.05, 4.69) is 26.1 Å². The van der Waals surface area contributed by atoms with Crippen LogP contribution in [0.5, 0.6) is 0 Å². The first-order chi connectivity index (χ1) is 21.2. The largest absolute Gasteiger partial charge is 0.466 e. The van der Waals surface area contributed by atoms with Crippen LogP contribution in [0.4, 0.5) is 0 Å². The topological polar surface area (TPSA) is 38.3 Å². The van der Waals surface area contributed by atoms with E-state index in [1.54, 1.807) is 0 Å². The molecule has 0 aliphatic carbocycles. The molecule has 1 N–H and O–H groups in total. The van der Waals surface area contributed by atoms with Gasteiger partial charge in [0.2, 0.25) is 0 Å². The summed E-state index contributed by atoms with van der Waals surface area (Å²) < 4.78 is 5.38. The van der Waals surface area contributed by atoms with Gasteiger partial charge in [0.1, 0.15) is 0 Å². The average Bonchev–Trinajstić information content (AvgIpc) is 3.01. The van der Waals surface area contributed by atoms with Crippen LogP contribution in [0.2, 0.25) is 0 Å². The van der Waals surface area contributed by atoms with Crippen molar-refractivity contribution in [1.82, 2.24) is 5.32 Å². The number of unbranched alkanes of at least 4 members (excludes halogenated alkanes) is 23. The summed E-state index contributed by atoms with van der Waals surface area (Å²) in [6.45, 7) is 9.52. The molecule has 0 bridgehead atoms. The Morgan fingerprint density at radius 1 is 0.442 bits per heavy atom. The molecule has 43 heavy (non-hydrogen) atoms. The molecule has 0 unspecified atom stereocenters. The first-order valence-electron chi connectivity index (χ1n) is 20.1. The molecule has 0 spiro atoms. The summed E-state index contributed by atoms with van der Waals surface area (Å²) in [5.74, 6) is 0.990. The van der Waals surface area contributed by atoms with E-state index < -0.39 is 0 Å². The standard InChI is InChI=1S/C40H81NO2/c1-4-7-10-13-20-25-30-38-43-40(42)35-31-37-41-36-29-24-19-17-16-18-23-28-34-39(32-26-21-14-11-8-5-2)33-27-22-15-12-9-6-3/h39,41H,4-38H2,1-3H3. The van der Waals surface area contributed by atoms with E-state index in [1.165, 1.54) is 186 Å². The summed E-state index contributed by atoms with van der Waals surface area (Å²) in [6, 6.07) is 0. The average molecular weight is 608 g/mol. The first-order valence-corrected chi connectivity index (χ1v) is 20.1. The van der Waals surface area contributed by atoms with Crippen molar-refractivity contribution in [2.45, 2.75) is 226 Å². The van der Waals surface area contributed by atoms with Crippen molar-refractivity contribution in [3.63, 3.8) is 0 Å². The molecule has 0 aliphatic heterocycles. The molecule has 0 amide bonds. The molecule has 0 atom stereocenters. The van der Waals surface area contributed by atoms with Gasteiger partial charge in [0.05, 0.1) is 6.61 Å². The van der Waals surface area contributed by atoms with Crippen LogP contribution in [0, 0.1) is 5.92 Å². The molecule has 3 heteroatoms. The molecule has 0 heterocycles. The van der Waals surface area contributed by atoms with Crippen molar-refractivity contribution in [2.75, 3.05) is 19.7 Å². The predicted molar refractivity (Wildman–Crippen MR) is 192 cm³/mol. The van der Waals surface area contributed by atoms with Crippen molar-refractivity contribution in [3.8, 4) is 0 Å². The molecule has 0 aliphatic rings. The molecule has 0 aromatic rings. The quantitative estimate of drug-likeness (QED) is 0.0564. The number of rotatable bonds is 37. The van der Waals surface area contributed by atoms with Crippen molar-refractivity contribution in [3.05, 3.63) is 0 Å². The van der Waals surface area contributed by atoms with Crippen LogP contribution in [0.25, 0.3) is 0 Å². The Bertz CT molecular complexity index is 507. The summed E-state index contributed by atoms with van der Waals surface area (Å²) in [6.07, 6.45) is 43.2. The molecular formula is C40H81NO2. The lowest BCUT2D eigenvalue weighted by Crippen LogP contribution is -2.18. The van der Waals surface area contributed by atoms with Gasteiger partial charge in [0, 0.05) is 6.42 Å². The maximum absolute atomic E-state index is 11.9. The fraction of sp³-hybridized carbons (Fsp3) is 0.975. The van der Waals surface area contributed by atoms with Gasteiger partial charge in [0.15, 0.2) is 0 Å². The summed E-state index contributed by atoms with van der Waals surface area (Å²) in [7, 11) is 0. The third-order valence-electron chi connectivity index (χ3n) is 9.39. The van der Waals surface area contributed by atoms with Gasteiger partial charge < -0.3 is 10.1 Å². The summed E-state index contributed by atoms with van der Waals surface area (Å²) in [4.78, 5) is 11.9. The molecule has 0 radical (unpaired) electrons. The second kappa shape index (κ2) is 37.6. The fourth-order valence-electron chi connectivity index (χ4n) is 6.40. The van der Waals surface area contributed by atoms with Gasteiger partial charge in [-0.25, -0.2) is 0 Å². The van der Waals surface area contributed by atoms with E-state index >= 15 is 0 Å². The van der Waals surface area contributed by atoms with E-state index in [4.69, 9.17) is 4.74 Å². The van der Waals surface area contributed by atoms with Gasteiger partial charge in [-0.1, -0.05) is 201 Å². The Balaban J connectivity index is 3.57. The Kier molecular flexibility index (Phi) is 37.1. The maximum atomic E-state index is 11.9. The number of esters is 1. The van der Waals surface area contributed by atoms with Gasteiger partial charge in [-0.3, -0.25) is 4.79 Å². The van der Waals surface area contributed by atoms with Crippen LogP contribution in [0.3, 0.4) is 0 Å². The van der Waals surface area contributed by atoms with E-state index in [9.17, 15) is 4.79 Å². The van der Waals surface area contributed by atoms with E-state index in [1.807, 2.05) is 0 Å². The smallest absolute Gasteiger partial charge is 0.305 e. The van der Waals surface area contributed by atoms with E-state index in [-0.39, 0.29) is 5.97 Å². The van der Waals surface area contributed by atoms with Crippen LogP contribution in [-0.4, -0.2) is 25.7 Å². The van der Waals surface area contributed by atoms with Crippen LogP contribution in [-0.2, 0) is 9.53 Å². The van der Waals surface area contributed by atoms with Crippen LogP contribution < -0.4 is 5.32 Å². The summed E-state index contributed by atoms with van der Waals surface area (Å²) in [5, 5.41) is 3.52. The minimum absolute atomic E-state index is 0.0149. The normalized spacial score (nSPS) is 11.5. The highest BCUT2D eigenvalue weighted by atomic mass is 16.5. The lowest BCUT2D eigenvalue weighted by Gasteiger charge is -2.17. The molecule has 0 aromatic carbocycles. The molecular weight excluding hydrogens is 526 g/mol. The van der Waals surface area contributed by atoms with Gasteiger partial charge in [-0.05, 0) is 38.3 Å². The number of carbonyl (C=O) groups is 1. The molecule has 3 nitrogen and oxygen atoms in total. The summed E-state index contributed by atoms with van der Waals surface area (Å²) >= 11 is 0. The lowest BCUT2D eigenvalue weighted by atomic mass is 9.89. The van der Waals surface area contributed by atoms with Crippen molar-refractivity contribution in [2.24, 2.45) is 5.92 Å². The van der Waals surface area contributed by atoms with Crippen molar-refractivity contribution in [1.29, 1.82) is 0 Å². The molecule has 0 rings (SSSR count). The number of ether oxygens (including phenoxy) is 1. The fourth-order valence-corrected chi connectivity index (χ4v) is 6.40. The zero-order chi connectivity index (χ0) is 31.3. The highest BCUT2D eigenvalue weighted by molar-refractivity contribution is 5.69. The molecule has 0 saturated carbocycles. The zero-order valence-corrected chi connectivity index (χ0v) is 30.1. The van der Waals surface area contributed by atoms with Gasteiger partial charge in [-0.2, -0.15) is 0 Å². The Morgan fingerprint density at radius 3 is 1.23 bits per heavy atom. The number of nitrogens with one attached hydrogen (secondary N) is 1. The maximum Gasteiger partial charge on any atom is 0.305 e. The third kappa shape index (κ3) is 35.8. The molecule has 258 valence electrons. The second-order valence-electron chi connectivity index (χ2n) is 13.8. The lowest BCUT2D eigenvalue weighted by molar-refractivity contribution is -0.143. The highest BCUT2D eigenvalue weighted by Crippen LogP contribution is 2.25. The van der Waals surface area contributed by atoms with Crippen molar-refractivity contribution < 1.29 is 9.53 Å². The minimum atomic E-state index is -0.0149. The SMILES string of the molecule is CCCCCCCCCOC(=O)CCCNCCCCCCCCCCC(CCCCCCCC)CCCCCCCC. The molecule has 0 aromatic heterocycles. The Morgan fingerprint density at radius 2 is 0.791 bits per heavy atom. The van der Waals surface area contributed by atoms with Crippen LogP contribution in [0.15, 0.2) is 0 Å². The number of hydrogen-bond acceptors (Lipinski definition) is 3. The zero-order valence-electron chi connectivity index (χ0n) is 30.1. The van der Waals surface area contributed by atoms with E-state index in [0.29, 0.717) is 13.0 Å². The second-order valence-corrected chi connectivity index (χ2v) is 13.8.